The first kappa shape index (κ1) is 21.9. The second-order valence-electron chi connectivity index (χ2n) is 9.56. The minimum Gasteiger partial charge on any atom is -0.390 e. The summed E-state index contributed by atoms with van der Waals surface area (Å²) in [5, 5.41) is 12.5. The Kier molecular flexibility index (Phi) is 6.34. The van der Waals surface area contributed by atoms with Gasteiger partial charge < -0.3 is 14.6 Å². The third kappa shape index (κ3) is 4.48. The average Bonchev–Trinajstić information content (AvgIpc) is 3.14. The van der Waals surface area contributed by atoms with Gasteiger partial charge in [-0.1, -0.05) is 78.7 Å². The lowest BCUT2D eigenvalue weighted by molar-refractivity contribution is 0.0896. The van der Waals surface area contributed by atoms with Crippen molar-refractivity contribution in [3.8, 4) is 22.4 Å². The number of aliphatic hydroxyl groups excluding tert-OH is 1. The molecule has 3 heteroatoms. The number of nitrogens with zero attached hydrogens (tertiary/aromatic N) is 2. The van der Waals surface area contributed by atoms with Gasteiger partial charge in [0.1, 0.15) is 0 Å². The second kappa shape index (κ2) is 9.54. The summed E-state index contributed by atoms with van der Waals surface area (Å²) in [6.07, 6.45) is 3.38. The maximum atomic E-state index is 11.2. The third-order valence-corrected chi connectivity index (χ3v) is 6.91. The van der Waals surface area contributed by atoms with E-state index in [9.17, 15) is 5.11 Å². The van der Waals surface area contributed by atoms with E-state index in [4.69, 9.17) is 0 Å². The Bertz CT molecular complexity index is 1220. The molecule has 1 aromatic heterocycles. The van der Waals surface area contributed by atoms with Gasteiger partial charge in [-0.15, -0.1) is 0 Å². The van der Waals surface area contributed by atoms with Crippen molar-refractivity contribution in [2.45, 2.75) is 45.8 Å². The van der Waals surface area contributed by atoms with Crippen LogP contribution in [-0.2, 0) is 6.54 Å². The van der Waals surface area contributed by atoms with Crippen LogP contribution in [0.2, 0.25) is 0 Å². The second-order valence-corrected chi connectivity index (χ2v) is 9.56. The lowest BCUT2D eigenvalue weighted by Crippen LogP contribution is -2.38. The molecule has 4 aromatic rings. The van der Waals surface area contributed by atoms with Crippen molar-refractivity contribution in [2.24, 2.45) is 0 Å². The van der Waals surface area contributed by atoms with Crippen molar-refractivity contribution in [2.75, 3.05) is 19.6 Å². The summed E-state index contributed by atoms with van der Waals surface area (Å²) >= 11 is 0. The van der Waals surface area contributed by atoms with Gasteiger partial charge in [-0.25, -0.2) is 0 Å². The predicted molar refractivity (Wildman–Crippen MR) is 139 cm³/mol. The molecule has 1 fully saturated rings. The number of aliphatic hydroxyl groups is 1. The number of aromatic nitrogens is 1. The fraction of sp³-hybridized carbons (Fsp3) is 0.333. The summed E-state index contributed by atoms with van der Waals surface area (Å²) in [7, 11) is 0. The van der Waals surface area contributed by atoms with E-state index < -0.39 is 6.10 Å². The molecule has 170 valence electrons. The van der Waals surface area contributed by atoms with Crippen LogP contribution in [-0.4, -0.2) is 40.3 Å². The fourth-order valence-corrected chi connectivity index (χ4v) is 5.57. The van der Waals surface area contributed by atoms with Crippen molar-refractivity contribution in [3.63, 3.8) is 0 Å². The summed E-state index contributed by atoms with van der Waals surface area (Å²) in [4.78, 5) is 2.43. The number of piperidine rings is 1. The number of likely N-dealkylation sites (tertiary alicyclic amines) is 1. The van der Waals surface area contributed by atoms with E-state index in [0.29, 0.717) is 6.54 Å². The molecule has 2 heterocycles. The topological polar surface area (TPSA) is 28.4 Å². The number of hydrogen-bond donors (Lipinski definition) is 1. The Morgan fingerprint density at radius 2 is 1.42 bits per heavy atom. The number of hydrogen-bond acceptors (Lipinski definition) is 2. The molecule has 3 aromatic carbocycles. The minimum atomic E-state index is -0.412. The van der Waals surface area contributed by atoms with Crippen molar-refractivity contribution >= 4 is 10.9 Å². The predicted octanol–water partition coefficient (Wildman–Crippen LogP) is 6.44. The summed E-state index contributed by atoms with van der Waals surface area (Å²) < 4.78 is 2.39. The van der Waals surface area contributed by atoms with Crippen molar-refractivity contribution < 1.29 is 5.11 Å². The van der Waals surface area contributed by atoms with Crippen LogP contribution in [0.5, 0.6) is 0 Å². The molecule has 1 atom stereocenters. The summed E-state index contributed by atoms with van der Waals surface area (Å²) in [6.45, 7) is 7.90. The summed E-state index contributed by atoms with van der Waals surface area (Å²) in [5.41, 5.74) is 8.62. The van der Waals surface area contributed by atoms with Gasteiger partial charge in [-0.3, -0.25) is 0 Å². The zero-order valence-corrected chi connectivity index (χ0v) is 19.8. The smallest absolute Gasteiger partial charge is 0.0845 e. The van der Waals surface area contributed by atoms with Gasteiger partial charge in [-0.05, 0) is 62.5 Å². The van der Waals surface area contributed by atoms with Crippen LogP contribution in [0.1, 0.15) is 30.4 Å². The number of β-amino-alcohol motifs (C(OH)–C–C–N with tert-alkyl or cyclic N) is 1. The zero-order chi connectivity index (χ0) is 22.8. The molecule has 0 unspecified atom stereocenters. The van der Waals surface area contributed by atoms with Crippen molar-refractivity contribution in [3.05, 3.63) is 83.9 Å². The molecule has 33 heavy (non-hydrogen) atoms. The van der Waals surface area contributed by atoms with Gasteiger partial charge in [0.15, 0.2) is 0 Å². The Labute approximate surface area is 197 Å². The highest BCUT2D eigenvalue weighted by Gasteiger charge is 2.24. The first-order valence-corrected chi connectivity index (χ1v) is 12.3. The molecular formula is C30H34N2O. The summed E-state index contributed by atoms with van der Waals surface area (Å²) in [5.74, 6) is 0. The molecule has 0 spiro atoms. The maximum absolute atomic E-state index is 11.2. The first-order chi connectivity index (χ1) is 16.1. The summed E-state index contributed by atoms with van der Waals surface area (Å²) in [6, 6.07) is 25.9. The van der Waals surface area contributed by atoms with Gasteiger partial charge in [0.2, 0.25) is 0 Å². The lowest BCUT2D eigenvalue weighted by atomic mass is 9.97. The van der Waals surface area contributed by atoms with Crippen molar-refractivity contribution in [1.82, 2.24) is 9.47 Å². The van der Waals surface area contributed by atoms with Crippen LogP contribution in [0.25, 0.3) is 33.3 Å². The van der Waals surface area contributed by atoms with Crippen LogP contribution in [0.4, 0.5) is 0 Å². The van der Waals surface area contributed by atoms with Crippen molar-refractivity contribution in [1.29, 1.82) is 0 Å². The van der Waals surface area contributed by atoms with Crippen LogP contribution >= 0.6 is 0 Å². The molecule has 1 aliphatic heterocycles. The van der Waals surface area contributed by atoms with E-state index in [-0.39, 0.29) is 0 Å². The van der Waals surface area contributed by atoms with Gasteiger partial charge in [0, 0.05) is 17.5 Å². The quantitative estimate of drug-likeness (QED) is 0.375. The fourth-order valence-electron chi connectivity index (χ4n) is 5.57. The molecule has 1 aliphatic rings. The molecule has 1 saturated heterocycles. The third-order valence-electron chi connectivity index (χ3n) is 6.91. The van der Waals surface area contributed by atoms with E-state index in [1.54, 1.807) is 0 Å². The number of fused-ring (bicyclic) bond motifs is 1. The largest absolute Gasteiger partial charge is 0.390 e. The highest BCUT2D eigenvalue weighted by Crippen LogP contribution is 2.42. The Balaban J connectivity index is 1.70. The van der Waals surface area contributed by atoms with Crippen LogP contribution in [0.3, 0.4) is 0 Å². The lowest BCUT2D eigenvalue weighted by Gasteiger charge is -2.29. The first-order valence-electron chi connectivity index (χ1n) is 12.3. The highest BCUT2D eigenvalue weighted by atomic mass is 16.3. The van der Waals surface area contributed by atoms with Crippen LogP contribution < -0.4 is 0 Å². The van der Waals surface area contributed by atoms with E-state index >= 15 is 0 Å². The average molecular weight is 439 g/mol. The van der Waals surface area contributed by atoms with Gasteiger partial charge >= 0.3 is 0 Å². The van der Waals surface area contributed by atoms with Gasteiger partial charge in [-0.2, -0.15) is 0 Å². The minimum absolute atomic E-state index is 0.412. The monoisotopic (exact) mass is 438 g/mol. The standard InChI is InChI=1S/C30H34N2O/c1-22-18-23(2)29-27(19-22)28(24-12-6-3-7-13-24)30(25-14-8-4-9-15-25)32(29)21-26(33)20-31-16-10-5-11-17-31/h3-4,6-9,12-15,18-19,26,33H,5,10-11,16-17,20-21H2,1-2H3/t26-/m1/s1. The molecule has 3 nitrogen and oxygen atoms in total. The molecule has 0 saturated carbocycles. The van der Waals surface area contributed by atoms with E-state index in [2.05, 4.69) is 96.1 Å². The Hall–Kier alpha value is -2.88. The number of aryl methyl sites for hydroxylation is 2. The van der Waals surface area contributed by atoms with Crippen LogP contribution in [0, 0.1) is 13.8 Å². The molecule has 1 N–H and O–H groups in total. The number of rotatable bonds is 6. The molecule has 0 aliphatic carbocycles. The molecule has 0 bridgehead atoms. The molecule has 5 rings (SSSR count). The van der Waals surface area contributed by atoms with E-state index in [1.807, 2.05) is 0 Å². The Morgan fingerprint density at radius 1 is 0.788 bits per heavy atom. The SMILES string of the molecule is Cc1cc(C)c2c(c1)c(-c1ccccc1)c(-c1ccccc1)n2C[C@H](O)CN1CCCCC1. The molecule has 0 amide bonds. The van der Waals surface area contributed by atoms with Gasteiger partial charge in [0.25, 0.3) is 0 Å². The van der Waals surface area contributed by atoms with E-state index in [1.165, 1.54) is 63.7 Å². The van der Waals surface area contributed by atoms with Crippen LogP contribution in [0.15, 0.2) is 72.8 Å². The maximum Gasteiger partial charge on any atom is 0.0845 e. The number of benzene rings is 3. The molecular weight excluding hydrogens is 404 g/mol. The molecule has 0 radical (unpaired) electrons. The zero-order valence-electron chi connectivity index (χ0n) is 19.8. The highest BCUT2D eigenvalue weighted by molar-refractivity contribution is 6.06. The van der Waals surface area contributed by atoms with E-state index in [0.717, 1.165) is 19.6 Å². The van der Waals surface area contributed by atoms with Gasteiger partial charge in [0.05, 0.1) is 23.9 Å². The normalized spacial score (nSPS) is 15.7. The Morgan fingerprint density at radius 3 is 2.09 bits per heavy atom.